The van der Waals surface area contributed by atoms with E-state index in [9.17, 15) is 9.59 Å². The Labute approximate surface area is 112 Å². The van der Waals surface area contributed by atoms with Crippen LogP contribution in [0.3, 0.4) is 0 Å². The minimum absolute atomic E-state index is 0.600. The van der Waals surface area contributed by atoms with E-state index >= 15 is 0 Å². The zero-order valence-corrected chi connectivity index (χ0v) is 10.9. The number of rotatable bonds is 3. The van der Waals surface area contributed by atoms with Crippen LogP contribution >= 0.6 is 0 Å². The van der Waals surface area contributed by atoms with Crippen molar-refractivity contribution >= 4 is 18.3 Å². The number of nitrogens with two attached hydrogens (primary N) is 1. The fraction of sp³-hybridized carbons (Fsp3) is 0.125. The van der Waals surface area contributed by atoms with Gasteiger partial charge in [0.15, 0.2) is 0 Å². The molecule has 0 bridgehead atoms. The Morgan fingerprint density at radius 1 is 0.947 bits per heavy atom. The maximum absolute atomic E-state index is 10.9. The van der Waals surface area contributed by atoms with Crippen LogP contribution in [0.4, 0.5) is 5.69 Å². The van der Waals surface area contributed by atoms with Gasteiger partial charge in [-0.1, -0.05) is 30.3 Å². The predicted molar refractivity (Wildman–Crippen MR) is 76.5 cm³/mol. The van der Waals surface area contributed by atoms with Crippen molar-refractivity contribution in [3.05, 3.63) is 52.6 Å². The van der Waals surface area contributed by atoms with E-state index in [1.165, 1.54) is 0 Å². The quantitative estimate of drug-likeness (QED) is 0.675. The van der Waals surface area contributed by atoms with E-state index in [2.05, 4.69) is 0 Å². The lowest BCUT2D eigenvalue weighted by Gasteiger charge is -2.11. The monoisotopic (exact) mass is 253 g/mol. The molecule has 0 radical (unpaired) electrons. The molecule has 2 aromatic rings. The second-order valence-electron chi connectivity index (χ2n) is 4.55. The van der Waals surface area contributed by atoms with Crippen molar-refractivity contribution in [1.29, 1.82) is 0 Å². The number of aldehydes is 2. The Bertz CT molecular complexity index is 660. The van der Waals surface area contributed by atoms with Crippen LogP contribution in [0.15, 0.2) is 30.3 Å². The zero-order chi connectivity index (χ0) is 14.0. The average Bonchev–Trinajstić information content (AvgIpc) is 2.41. The predicted octanol–water partition coefficient (Wildman–Crippen LogP) is 3.18. The Hall–Kier alpha value is -2.42. The van der Waals surface area contributed by atoms with E-state index in [0.29, 0.717) is 16.8 Å². The molecule has 0 fully saturated rings. The molecule has 0 spiro atoms. The molecule has 2 aromatic carbocycles. The summed E-state index contributed by atoms with van der Waals surface area (Å²) in [5.74, 6) is 0. The minimum Gasteiger partial charge on any atom is -0.398 e. The molecular formula is C16H15NO2. The normalized spacial score (nSPS) is 10.2. The Morgan fingerprint density at radius 3 is 2.16 bits per heavy atom. The van der Waals surface area contributed by atoms with Crippen LogP contribution in [-0.4, -0.2) is 12.6 Å². The topological polar surface area (TPSA) is 60.2 Å². The number of hydrogen-bond donors (Lipinski definition) is 1. The summed E-state index contributed by atoms with van der Waals surface area (Å²) in [7, 11) is 0. The first-order valence-electron chi connectivity index (χ1n) is 5.99. The molecule has 0 unspecified atom stereocenters. The molecule has 0 aliphatic carbocycles. The maximum Gasteiger partial charge on any atom is 0.150 e. The highest BCUT2D eigenvalue weighted by molar-refractivity contribution is 5.88. The molecule has 3 heteroatoms. The molecule has 0 aromatic heterocycles. The van der Waals surface area contributed by atoms with Gasteiger partial charge >= 0.3 is 0 Å². The average molecular weight is 253 g/mol. The van der Waals surface area contributed by atoms with E-state index in [-0.39, 0.29) is 0 Å². The second kappa shape index (κ2) is 5.06. The Kier molecular flexibility index (Phi) is 3.47. The first-order valence-corrected chi connectivity index (χ1v) is 5.99. The third-order valence-corrected chi connectivity index (χ3v) is 3.39. The number of aryl methyl sites for hydroxylation is 1. The minimum atomic E-state index is 0.600. The van der Waals surface area contributed by atoms with Crippen molar-refractivity contribution < 1.29 is 9.59 Å². The van der Waals surface area contributed by atoms with Crippen molar-refractivity contribution in [2.75, 3.05) is 5.73 Å². The van der Waals surface area contributed by atoms with Gasteiger partial charge in [-0.05, 0) is 30.5 Å². The van der Waals surface area contributed by atoms with Gasteiger partial charge in [0.1, 0.15) is 12.6 Å². The van der Waals surface area contributed by atoms with E-state index in [1.54, 1.807) is 12.1 Å². The van der Waals surface area contributed by atoms with Crippen LogP contribution in [0.1, 0.15) is 31.8 Å². The fourth-order valence-corrected chi connectivity index (χ4v) is 2.10. The summed E-state index contributed by atoms with van der Waals surface area (Å²) in [6.45, 7) is 3.71. The van der Waals surface area contributed by atoms with Crippen LogP contribution in [0.25, 0.3) is 11.1 Å². The molecule has 3 nitrogen and oxygen atoms in total. The first kappa shape index (κ1) is 13.0. The molecule has 0 saturated heterocycles. The van der Waals surface area contributed by atoms with E-state index in [0.717, 1.165) is 34.8 Å². The third kappa shape index (κ3) is 2.27. The molecule has 2 rings (SSSR count). The number of hydrogen-bond acceptors (Lipinski definition) is 3. The summed E-state index contributed by atoms with van der Waals surface area (Å²) in [6.07, 6.45) is 1.64. The Morgan fingerprint density at radius 2 is 1.58 bits per heavy atom. The first-order chi connectivity index (χ1) is 9.08. The molecule has 0 aliphatic heterocycles. The third-order valence-electron chi connectivity index (χ3n) is 3.39. The number of benzene rings is 2. The summed E-state index contributed by atoms with van der Waals surface area (Å²) < 4.78 is 0. The van der Waals surface area contributed by atoms with Gasteiger partial charge in [-0.2, -0.15) is 0 Å². The molecular weight excluding hydrogens is 238 g/mol. The van der Waals surface area contributed by atoms with E-state index < -0.39 is 0 Å². The summed E-state index contributed by atoms with van der Waals surface area (Å²) in [4.78, 5) is 21.7. The molecule has 0 saturated carbocycles. The van der Waals surface area contributed by atoms with Crippen molar-refractivity contribution in [3.8, 4) is 11.1 Å². The lowest BCUT2D eigenvalue weighted by atomic mass is 9.95. The number of carbonyl (C=O) groups is 2. The van der Waals surface area contributed by atoms with Crippen LogP contribution < -0.4 is 5.73 Å². The van der Waals surface area contributed by atoms with Gasteiger partial charge in [-0.3, -0.25) is 9.59 Å². The standard InChI is InChI=1S/C16H15NO2/c1-10-7-12(3-4-13(10)8-18)15-6-5-14(9-19)11(2)16(15)17/h3-9H,17H2,1-2H3. The molecule has 0 amide bonds. The molecule has 96 valence electrons. The largest absolute Gasteiger partial charge is 0.398 e. The van der Waals surface area contributed by atoms with Gasteiger partial charge in [-0.15, -0.1) is 0 Å². The molecule has 0 atom stereocenters. The molecule has 2 N–H and O–H groups in total. The van der Waals surface area contributed by atoms with Gasteiger partial charge in [0, 0.05) is 22.4 Å². The van der Waals surface area contributed by atoms with Crippen molar-refractivity contribution in [2.45, 2.75) is 13.8 Å². The van der Waals surface area contributed by atoms with E-state index in [4.69, 9.17) is 5.73 Å². The number of carbonyl (C=O) groups excluding carboxylic acids is 2. The van der Waals surface area contributed by atoms with Gasteiger partial charge in [-0.25, -0.2) is 0 Å². The maximum atomic E-state index is 10.9. The van der Waals surface area contributed by atoms with Gasteiger partial charge in [0.25, 0.3) is 0 Å². The van der Waals surface area contributed by atoms with Crippen LogP contribution in [0, 0.1) is 13.8 Å². The smallest absolute Gasteiger partial charge is 0.150 e. The highest BCUT2D eigenvalue weighted by atomic mass is 16.1. The fourth-order valence-electron chi connectivity index (χ4n) is 2.10. The zero-order valence-electron chi connectivity index (χ0n) is 10.9. The summed E-state index contributed by atoms with van der Waals surface area (Å²) in [5.41, 5.74) is 11.5. The van der Waals surface area contributed by atoms with Crippen molar-refractivity contribution in [2.24, 2.45) is 0 Å². The lowest BCUT2D eigenvalue weighted by molar-refractivity contribution is 0.111. The van der Waals surface area contributed by atoms with Crippen LogP contribution in [0.2, 0.25) is 0 Å². The highest BCUT2D eigenvalue weighted by Gasteiger charge is 2.09. The van der Waals surface area contributed by atoms with Crippen LogP contribution in [0.5, 0.6) is 0 Å². The Balaban J connectivity index is 2.59. The van der Waals surface area contributed by atoms with Crippen LogP contribution in [-0.2, 0) is 0 Å². The van der Waals surface area contributed by atoms with Crippen molar-refractivity contribution in [3.63, 3.8) is 0 Å². The number of anilines is 1. The summed E-state index contributed by atoms with van der Waals surface area (Å²) >= 11 is 0. The van der Waals surface area contributed by atoms with Crippen molar-refractivity contribution in [1.82, 2.24) is 0 Å². The lowest BCUT2D eigenvalue weighted by Crippen LogP contribution is -1.98. The molecule has 0 heterocycles. The molecule has 0 aliphatic rings. The van der Waals surface area contributed by atoms with E-state index in [1.807, 2.05) is 32.0 Å². The number of nitrogen functional groups attached to an aromatic ring is 1. The van der Waals surface area contributed by atoms with Gasteiger partial charge in [0.05, 0.1) is 0 Å². The molecule has 19 heavy (non-hydrogen) atoms. The van der Waals surface area contributed by atoms with Gasteiger partial charge < -0.3 is 5.73 Å². The second-order valence-corrected chi connectivity index (χ2v) is 4.55. The van der Waals surface area contributed by atoms with Gasteiger partial charge in [0.2, 0.25) is 0 Å². The SMILES string of the molecule is Cc1cc(-c2ccc(C=O)c(C)c2N)ccc1C=O. The summed E-state index contributed by atoms with van der Waals surface area (Å²) in [6, 6.07) is 9.16. The summed E-state index contributed by atoms with van der Waals surface area (Å²) in [5, 5.41) is 0. The highest BCUT2D eigenvalue weighted by Crippen LogP contribution is 2.30.